The number of para-hydroxylation sites is 1. The Bertz CT molecular complexity index is 1820. The fraction of sp³-hybridized carbons (Fsp3) is 0.143. The number of hydrogen-bond donors (Lipinski definition) is 0. The van der Waals surface area contributed by atoms with Gasteiger partial charge in [-0.2, -0.15) is 0 Å². The standard InChI is InChI=1S/C35H25Br2NO/c36-25-8-12-27(13-9-25)38(28-14-10-26(37)11-15-28)33-20-24(19-32-30-3-1-2-4-34(30)39-35(32)33)21-7-16-29-22-5-6-23(17-22)31(29)18-21/h1-4,7-16,18-20,22-23H,5-6,17H2. The van der Waals surface area contributed by atoms with Crippen molar-refractivity contribution >= 4 is 70.9 Å². The van der Waals surface area contributed by atoms with E-state index in [1.165, 1.54) is 30.4 Å². The molecule has 1 heterocycles. The summed E-state index contributed by atoms with van der Waals surface area (Å²) < 4.78 is 8.71. The molecule has 0 saturated heterocycles. The Morgan fingerprint density at radius 3 is 2.00 bits per heavy atom. The minimum Gasteiger partial charge on any atom is -0.454 e. The van der Waals surface area contributed by atoms with Crippen molar-refractivity contribution in [2.24, 2.45) is 0 Å². The van der Waals surface area contributed by atoms with Crippen LogP contribution < -0.4 is 4.90 Å². The van der Waals surface area contributed by atoms with Crippen LogP contribution in [0.4, 0.5) is 17.1 Å². The van der Waals surface area contributed by atoms with Gasteiger partial charge in [-0.25, -0.2) is 0 Å². The highest BCUT2D eigenvalue weighted by Gasteiger charge is 2.36. The maximum atomic E-state index is 6.60. The molecule has 1 fully saturated rings. The Morgan fingerprint density at radius 2 is 1.28 bits per heavy atom. The number of halogens is 2. The number of anilines is 3. The molecule has 2 atom stereocenters. The van der Waals surface area contributed by atoms with Crippen LogP contribution in [0.25, 0.3) is 33.1 Å². The number of benzene rings is 5. The van der Waals surface area contributed by atoms with Crippen LogP contribution >= 0.6 is 31.9 Å². The largest absolute Gasteiger partial charge is 0.454 e. The normalized spacial score (nSPS) is 17.7. The van der Waals surface area contributed by atoms with Crippen molar-refractivity contribution in [2.75, 3.05) is 4.90 Å². The van der Waals surface area contributed by atoms with Crippen molar-refractivity contribution in [3.63, 3.8) is 0 Å². The van der Waals surface area contributed by atoms with E-state index in [-0.39, 0.29) is 0 Å². The third kappa shape index (κ3) is 3.88. The Morgan fingerprint density at radius 1 is 0.615 bits per heavy atom. The van der Waals surface area contributed by atoms with Crippen LogP contribution in [0, 0.1) is 0 Å². The van der Waals surface area contributed by atoms with E-state index in [1.54, 1.807) is 11.1 Å². The summed E-state index contributed by atoms with van der Waals surface area (Å²) >= 11 is 7.23. The number of nitrogens with zero attached hydrogens (tertiary/aromatic N) is 1. The zero-order chi connectivity index (χ0) is 26.1. The van der Waals surface area contributed by atoms with Crippen LogP contribution in [0.15, 0.2) is 116 Å². The average molecular weight is 635 g/mol. The molecule has 39 heavy (non-hydrogen) atoms. The molecule has 6 aromatic rings. The van der Waals surface area contributed by atoms with Gasteiger partial charge in [0.15, 0.2) is 5.58 Å². The molecule has 1 saturated carbocycles. The second-order valence-corrected chi connectivity index (χ2v) is 12.6. The first-order chi connectivity index (χ1) is 19.1. The third-order valence-corrected chi connectivity index (χ3v) is 9.66. The van der Waals surface area contributed by atoms with E-state index < -0.39 is 0 Å². The number of rotatable bonds is 4. The second kappa shape index (κ2) is 9.11. The SMILES string of the molecule is Brc1ccc(N(c2ccc(Br)cc2)c2cc(-c3ccc4c(c3)C3CCC4C3)cc3c2oc2ccccc23)cc1. The molecule has 8 rings (SSSR count). The van der Waals surface area contributed by atoms with E-state index in [9.17, 15) is 0 Å². The first-order valence-electron chi connectivity index (χ1n) is 13.5. The molecular formula is C35H25Br2NO. The molecule has 5 aromatic carbocycles. The van der Waals surface area contributed by atoms with Gasteiger partial charge in [-0.1, -0.05) is 68.3 Å². The highest BCUT2D eigenvalue weighted by molar-refractivity contribution is 9.10. The Balaban J connectivity index is 1.40. The van der Waals surface area contributed by atoms with Crippen molar-refractivity contribution in [1.82, 2.24) is 0 Å². The molecule has 4 heteroatoms. The van der Waals surface area contributed by atoms with Crippen LogP contribution in [0.5, 0.6) is 0 Å². The summed E-state index contributed by atoms with van der Waals surface area (Å²) in [5.41, 5.74) is 10.6. The van der Waals surface area contributed by atoms with Gasteiger partial charge in [0.2, 0.25) is 0 Å². The minimum absolute atomic E-state index is 0.727. The van der Waals surface area contributed by atoms with E-state index in [0.717, 1.165) is 59.8 Å². The molecule has 2 bridgehead atoms. The lowest BCUT2D eigenvalue weighted by atomic mass is 9.89. The van der Waals surface area contributed by atoms with Gasteiger partial charge in [0, 0.05) is 31.1 Å². The van der Waals surface area contributed by atoms with Gasteiger partial charge in [0.05, 0.1) is 5.69 Å². The van der Waals surface area contributed by atoms with E-state index in [0.29, 0.717) is 0 Å². The molecule has 0 spiro atoms. The second-order valence-electron chi connectivity index (χ2n) is 10.8. The highest BCUT2D eigenvalue weighted by atomic mass is 79.9. The highest BCUT2D eigenvalue weighted by Crippen LogP contribution is 2.54. The van der Waals surface area contributed by atoms with Crippen molar-refractivity contribution < 1.29 is 4.42 Å². The molecule has 190 valence electrons. The number of fused-ring (bicyclic) bond motifs is 8. The average Bonchev–Trinajstić information content (AvgIpc) is 3.69. The summed E-state index contributed by atoms with van der Waals surface area (Å²) in [6.45, 7) is 0. The van der Waals surface area contributed by atoms with Crippen LogP contribution in [-0.4, -0.2) is 0 Å². The van der Waals surface area contributed by atoms with Crippen LogP contribution in [-0.2, 0) is 0 Å². The van der Waals surface area contributed by atoms with Crippen molar-refractivity contribution in [1.29, 1.82) is 0 Å². The summed E-state index contributed by atoms with van der Waals surface area (Å²) in [5, 5.41) is 2.28. The monoisotopic (exact) mass is 633 g/mol. The van der Waals surface area contributed by atoms with Crippen molar-refractivity contribution in [3.8, 4) is 11.1 Å². The van der Waals surface area contributed by atoms with Gasteiger partial charge in [-0.05, 0) is 120 Å². The molecule has 0 amide bonds. The van der Waals surface area contributed by atoms with Crippen molar-refractivity contribution in [2.45, 2.75) is 31.1 Å². The smallest absolute Gasteiger partial charge is 0.159 e. The number of furan rings is 1. The summed E-state index contributed by atoms with van der Waals surface area (Å²) in [6, 6.07) is 37.2. The Kier molecular flexibility index (Phi) is 5.50. The van der Waals surface area contributed by atoms with Gasteiger partial charge in [-0.3, -0.25) is 0 Å². The molecule has 2 unspecified atom stereocenters. The quantitative estimate of drug-likeness (QED) is 0.192. The lowest BCUT2D eigenvalue weighted by Gasteiger charge is -2.26. The van der Waals surface area contributed by atoms with Gasteiger partial charge < -0.3 is 9.32 Å². The molecule has 0 N–H and O–H groups in total. The number of hydrogen-bond acceptors (Lipinski definition) is 2. The van der Waals surface area contributed by atoms with E-state index in [4.69, 9.17) is 4.42 Å². The summed E-state index contributed by atoms with van der Waals surface area (Å²) in [6.07, 6.45) is 4.01. The van der Waals surface area contributed by atoms with Crippen LogP contribution in [0.2, 0.25) is 0 Å². The van der Waals surface area contributed by atoms with Gasteiger partial charge in [0.25, 0.3) is 0 Å². The summed E-state index contributed by atoms with van der Waals surface area (Å²) in [7, 11) is 0. The Labute approximate surface area is 244 Å². The predicted octanol–water partition coefficient (Wildman–Crippen LogP) is 11.6. The third-order valence-electron chi connectivity index (χ3n) is 8.60. The summed E-state index contributed by atoms with van der Waals surface area (Å²) in [4.78, 5) is 2.31. The van der Waals surface area contributed by atoms with E-state index in [1.807, 2.05) is 6.07 Å². The molecule has 2 aliphatic rings. The predicted molar refractivity (Wildman–Crippen MR) is 169 cm³/mol. The fourth-order valence-electron chi connectivity index (χ4n) is 6.78. The molecule has 0 radical (unpaired) electrons. The van der Waals surface area contributed by atoms with E-state index in [2.05, 4.69) is 134 Å². The first kappa shape index (κ1) is 23.5. The lowest BCUT2D eigenvalue weighted by molar-refractivity contribution is 0.669. The van der Waals surface area contributed by atoms with Gasteiger partial charge >= 0.3 is 0 Å². The van der Waals surface area contributed by atoms with Gasteiger partial charge in [-0.15, -0.1) is 0 Å². The molecule has 2 nitrogen and oxygen atoms in total. The maximum Gasteiger partial charge on any atom is 0.159 e. The molecule has 2 aliphatic carbocycles. The minimum atomic E-state index is 0.727. The topological polar surface area (TPSA) is 16.4 Å². The van der Waals surface area contributed by atoms with E-state index >= 15 is 0 Å². The fourth-order valence-corrected chi connectivity index (χ4v) is 7.30. The maximum absolute atomic E-state index is 6.60. The molecular weight excluding hydrogens is 610 g/mol. The molecule has 0 aliphatic heterocycles. The first-order valence-corrected chi connectivity index (χ1v) is 15.1. The van der Waals surface area contributed by atoms with Crippen LogP contribution in [0.1, 0.15) is 42.2 Å². The van der Waals surface area contributed by atoms with Gasteiger partial charge in [0.1, 0.15) is 5.58 Å². The Hall–Kier alpha value is -3.34. The molecule has 1 aromatic heterocycles. The summed E-state index contributed by atoms with van der Waals surface area (Å²) in [5.74, 6) is 1.49. The zero-order valence-electron chi connectivity index (χ0n) is 21.2. The zero-order valence-corrected chi connectivity index (χ0v) is 24.4. The van der Waals surface area contributed by atoms with Crippen LogP contribution in [0.3, 0.4) is 0 Å². The lowest BCUT2D eigenvalue weighted by Crippen LogP contribution is -2.10. The van der Waals surface area contributed by atoms with Crippen molar-refractivity contribution in [3.05, 3.63) is 123 Å².